The highest BCUT2D eigenvalue weighted by Crippen LogP contribution is 2.33. The molecular weight excluding hydrogens is 280 g/mol. The first kappa shape index (κ1) is 15.7. The van der Waals surface area contributed by atoms with E-state index in [1.807, 2.05) is 0 Å². The van der Waals surface area contributed by atoms with Crippen LogP contribution in [0.15, 0.2) is 4.52 Å². The zero-order chi connectivity index (χ0) is 13.2. The highest BCUT2D eigenvalue weighted by Gasteiger charge is 2.32. The Hall–Kier alpha value is -0.690. The van der Waals surface area contributed by atoms with Gasteiger partial charge in [-0.05, 0) is 26.3 Å². The topological polar surface area (TPSA) is 63.4 Å². The number of hydrogen-bond acceptors (Lipinski definition) is 6. The van der Waals surface area contributed by atoms with Crippen molar-refractivity contribution >= 4 is 12.4 Å². The monoisotopic (exact) mass is 302 g/mol. The molecule has 114 valence electrons. The van der Waals surface area contributed by atoms with Crippen LogP contribution < -0.4 is 5.32 Å². The van der Waals surface area contributed by atoms with Gasteiger partial charge in [-0.3, -0.25) is 4.90 Å². The number of aromatic nitrogens is 2. The van der Waals surface area contributed by atoms with E-state index in [-0.39, 0.29) is 24.6 Å². The quantitative estimate of drug-likeness (QED) is 0.917. The molecule has 0 aliphatic carbocycles. The fourth-order valence-corrected chi connectivity index (χ4v) is 2.80. The Kier molecular flexibility index (Phi) is 5.37. The van der Waals surface area contributed by atoms with Gasteiger partial charge in [0, 0.05) is 19.6 Å². The van der Waals surface area contributed by atoms with Crippen LogP contribution >= 0.6 is 12.4 Å². The number of likely N-dealkylation sites (N-methyl/N-ethyl adjacent to an activating group) is 1. The minimum atomic E-state index is -0.00643. The van der Waals surface area contributed by atoms with Gasteiger partial charge in [-0.2, -0.15) is 4.98 Å². The molecule has 0 radical (unpaired) electrons. The van der Waals surface area contributed by atoms with Crippen LogP contribution in [0, 0.1) is 0 Å². The molecule has 2 saturated heterocycles. The second-order valence-electron chi connectivity index (χ2n) is 5.42. The molecule has 2 aliphatic rings. The maximum absolute atomic E-state index is 5.90. The SMILES string of the molecule is CCC1CCC(c2nc(C3CNCCN3C)no2)O1.Cl. The number of hydrogen-bond donors (Lipinski definition) is 1. The molecule has 0 amide bonds. The van der Waals surface area contributed by atoms with Crippen LogP contribution in [0.3, 0.4) is 0 Å². The lowest BCUT2D eigenvalue weighted by atomic mass is 10.1. The van der Waals surface area contributed by atoms with E-state index in [9.17, 15) is 0 Å². The number of piperazine rings is 1. The van der Waals surface area contributed by atoms with E-state index in [0.29, 0.717) is 12.0 Å². The molecule has 1 aromatic rings. The van der Waals surface area contributed by atoms with Crippen LogP contribution in [0.2, 0.25) is 0 Å². The Balaban J connectivity index is 0.00000147. The van der Waals surface area contributed by atoms with Gasteiger partial charge in [-0.25, -0.2) is 0 Å². The number of ether oxygens (including phenoxy) is 1. The van der Waals surface area contributed by atoms with Crippen LogP contribution in [-0.2, 0) is 4.74 Å². The third-order valence-electron chi connectivity index (χ3n) is 4.10. The first-order valence-electron chi connectivity index (χ1n) is 7.18. The van der Waals surface area contributed by atoms with E-state index >= 15 is 0 Å². The van der Waals surface area contributed by atoms with Crippen molar-refractivity contribution in [3.05, 3.63) is 11.7 Å². The highest BCUT2D eigenvalue weighted by atomic mass is 35.5. The number of nitrogens with zero attached hydrogens (tertiary/aromatic N) is 3. The van der Waals surface area contributed by atoms with E-state index < -0.39 is 0 Å². The summed E-state index contributed by atoms with van der Waals surface area (Å²) in [6.45, 7) is 5.04. The van der Waals surface area contributed by atoms with Crippen molar-refractivity contribution in [2.75, 3.05) is 26.7 Å². The van der Waals surface area contributed by atoms with Crippen molar-refractivity contribution in [1.82, 2.24) is 20.4 Å². The molecule has 3 atom stereocenters. The molecule has 6 nitrogen and oxygen atoms in total. The molecule has 0 bridgehead atoms. The van der Waals surface area contributed by atoms with Crippen LogP contribution in [0.5, 0.6) is 0 Å². The van der Waals surface area contributed by atoms with Crippen molar-refractivity contribution in [1.29, 1.82) is 0 Å². The Bertz CT molecular complexity index is 428. The lowest BCUT2D eigenvalue weighted by molar-refractivity contribution is 0.0245. The summed E-state index contributed by atoms with van der Waals surface area (Å²) >= 11 is 0. The molecule has 3 unspecified atom stereocenters. The molecular formula is C13H23ClN4O2. The molecule has 0 aromatic carbocycles. The van der Waals surface area contributed by atoms with Crippen molar-refractivity contribution in [3.8, 4) is 0 Å². The van der Waals surface area contributed by atoms with Gasteiger partial charge in [0.2, 0.25) is 0 Å². The molecule has 1 N–H and O–H groups in total. The number of rotatable bonds is 3. The largest absolute Gasteiger partial charge is 0.365 e. The molecule has 7 heteroatoms. The summed E-state index contributed by atoms with van der Waals surface area (Å²) in [5, 5.41) is 7.50. The second-order valence-corrected chi connectivity index (χ2v) is 5.42. The van der Waals surface area contributed by atoms with Gasteiger partial charge in [0.1, 0.15) is 6.10 Å². The van der Waals surface area contributed by atoms with Gasteiger partial charge in [0.05, 0.1) is 12.1 Å². The molecule has 0 saturated carbocycles. The van der Waals surface area contributed by atoms with Crippen molar-refractivity contribution in [2.45, 2.75) is 44.4 Å². The molecule has 0 spiro atoms. The van der Waals surface area contributed by atoms with E-state index in [1.165, 1.54) is 0 Å². The Labute approximate surface area is 125 Å². The summed E-state index contributed by atoms with van der Waals surface area (Å²) < 4.78 is 11.3. The summed E-state index contributed by atoms with van der Waals surface area (Å²) in [5.41, 5.74) is 0. The van der Waals surface area contributed by atoms with Crippen LogP contribution in [0.1, 0.15) is 50.0 Å². The van der Waals surface area contributed by atoms with Crippen LogP contribution in [0.25, 0.3) is 0 Å². The predicted octanol–water partition coefficient (Wildman–Crippen LogP) is 1.70. The molecule has 20 heavy (non-hydrogen) atoms. The molecule has 2 fully saturated rings. The molecule has 1 aromatic heterocycles. The second kappa shape index (κ2) is 6.85. The zero-order valence-corrected chi connectivity index (χ0v) is 12.9. The molecule has 2 aliphatic heterocycles. The summed E-state index contributed by atoms with van der Waals surface area (Å²) in [5.74, 6) is 1.41. The normalized spacial score (nSPS) is 31.2. The van der Waals surface area contributed by atoms with Gasteiger partial charge in [-0.1, -0.05) is 12.1 Å². The summed E-state index contributed by atoms with van der Waals surface area (Å²) in [7, 11) is 2.10. The number of halogens is 1. The maximum atomic E-state index is 5.90. The minimum Gasteiger partial charge on any atom is -0.365 e. The van der Waals surface area contributed by atoms with Crippen molar-refractivity contribution < 1.29 is 9.26 Å². The average molecular weight is 303 g/mol. The first-order chi connectivity index (χ1) is 9.28. The molecule has 3 rings (SSSR count). The van der Waals surface area contributed by atoms with Gasteiger partial charge in [-0.15, -0.1) is 12.4 Å². The summed E-state index contributed by atoms with van der Waals surface area (Å²) in [6.07, 6.45) is 3.46. The standard InChI is InChI=1S/C13H22N4O2.ClH/c1-3-9-4-5-11(18-9)13-15-12(16-19-13)10-8-14-6-7-17(10)2;/h9-11,14H,3-8H2,1-2H3;1H. The third kappa shape index (κ3) is 3.14. The minimum absolute atomic E-state index is 0. The van der Waals surface area contributed by atoms with Crippen LogP contribution in [-0.4, -0.2) is 47.8 Å². The van der Waals surface area contributed by atoms with Crippen molar-refractivity contribution in [3.63, 3.8) is 0 Å². The van der Waals surface area contributed by atoms with Crippen molar-refractivity contribution in [2.24, 2.45) is 0 Å². The maximum Gasteiger partial charge on any atom is 0.255 e. The third-order valence-corrected chi connectivity index (χ3v) is 4.10. The Morgan fingerprint density at radius 1 is 1.40 bits per heavy atom. The lowest BCUT2D eigenvalue weighted by Crippen LogP contribution is -2.44. The highest BCUT2D eigenvalue weighted by molar-refractivity contribution is 5.85. The molecule has 3 heterocycles. The van der Waals surface area contributed by atoms with E-state index in [4.69, 9.17) is 9.26 Å². The van der Waals surface area contributed by atoms with Gasteiger partial charge in [0.15, 0.2) is 5.82 Å². The summed E-state index contributed by atoms with van der Waals surface area (Å²) in [4.78, 5) is 6.81. The fraction of sp³-hybridized carbons (Fsp3) is 0.846. The smallest absolute Gasteiger partial charge is 0.255 e. The first-order valence-corrected chi connectivity index (χ1v) is 7.18. The Morgan fingerprint density at radius 3 is 2.95 bits per heavy atom. The Morgan fingerprint density at radius 2 is 2.25 bits per heavy atom. The van der Waals surface area contributed by atoms with E-state index in [1.54, 1.807) is 0 Å². The predicted molar refractivity (Wildman–Crippen MR) is 76.9 cm³/mol. The zero-order valence-electron chi connectivity index (χ0n) is 12.0. The van der Waals surface area contributed by atoms with Gasteiger partial charge < -0.3 is 14.6 Å². The fourth-order valence-electron chi connectivity index (χ4n) is 2.80. The van der Waals surface area contributed by atoms with Gasteiger partial charge in [0.25, 0.3) is 5.89 Å². The van der Waals surface area contributed by atoms with Crippen LogP contribution in [0.4, 0.5) is 0 Å². The van der Waals surface area contributed by atoms with Gasteiger partial charge >= 0.3 is 0 Å². The van der Waals surface area contributed by atoms with E-state index in [2.05, 4.69) is 34.3 Å². The van der Waals surface area contributed by atoms with E-state index in [0.717, 1.165) is 44.7 Å². The lowest BCUT2D eigenvalue weighted by Gasteiger charge is -2.30. The number of nitrogens with one attached hydrogen (secondary N) is 1. The summed E-state index contributed by atoms with van der Waals surface area (Å²) in [6, 6.07) is 0.203. The average Bonchev–Trinajstić information content (AvgIpc) is 3.08.